The molecule has 4 rings (SSSR count). The highest BCUT2D eigenvalue weighted by atomic mass is 19.4. The first kappa shape index (κ1) is 24.6. The van der Waals surface area contributed by atoms with Crippen LogP contribution >= 0.6 is 0 Å². The molecule has 0 aliphatic carbocycles. The summed E-state index contributed by atoms with van der Waals surface area (Å²) in [7, 11) is 0. The number of benzene rings is 2. The fraction of sp³-hybridized carbons (Fsp3) is 0.296. The van der Waals surface area contributed by atoms with Crippen LogP contribution in [0.1, 0.15) is 35.2 Å². The Kier molecular flexibility index (Phi) is 7.92. The van der Waals surface area contributed by atoms with Gasteiger partial charge in [-0.2, -0.15) is 13.2 Å². The minimum Gasteiger partial charge on any atom is -0.318 e. The fourth-order valence-corrected chi connectivity index (χ4v) is 4.13. The van der Waals surface area contributed by atoms with E-state index in [1.807, 2.05) is 60.7 Å². The average Bonchev–Trinajstić information content (AvgIpc) is 2.89. The van der Waals surface area contributed by atoms with Crippen LogP contribution in [0.3, 0.4) is 0 Å². The van der Waals surface area contributed by atoms with Crippen LogP contribution in [0.4, 0.5) is 13.2 Å². The highest BCUT2D eigenvalue weighted by Crippen LogP contribution is 2.27. The van der Waals surface area contributed by atoms with Gasteiger partial charge in [-0.05, 0) is 37.6 Å². The first-order valence-corrected chi connectivity index (χ1v) is 11.6. The lowest BCUT2D eigenvalue weighted by atomic mass is 9.96. The third-order valence-corrected chi connectivity index (χ3v) is 5.98. The van der Waals surface area contributed by atoms with Gasteiger partial charge >= 0.3 is 6.18 Å². The standard InChI is InChI=1S/C27H27F3N4O/c28-27(29,30)24-12-11-20(17-32-24)18-34(26(35)23-13-15-31-16-14-23)19-33-25(21-7-3-1-4-8-21)22-9-5-2-6-10-22/h1-12,17,23,31H,13-16,18-19H2. The van der Waals surface area contributed by atoms with Crippen LogP contribution < -0.4 is 5.32 Å². The molecule has 1 aromatic heterocycles. The number of halogens is 3. The van der Waals surface area contributed by atoms with Crippen molar-refractivity contribution in [3.63, 3.8) is 0 Å². The first-order valence-electron chi connectivity index (χ1n) is 11.6. The van der Waals surface area contributed by atoms with Gasteiger partial charge in [-0.15, -0.1) is 0 Å². The van der Waals surface area contributed by atoms with Gasteiger partial charge < -0.3 is 10.2 Å². The largest absolute Gasteiger partial charge is 0.433 e. The van der Waals surface area contributed by atoms with Crippen LogP contribution in [0, 0.1) is 5.92 Å². The normalized spacial score (nSPS) is 14.4. The second kappa shape index (κ2) is 11.3. The molecule has 5 nitrogen and oxygen atoms in total. The van der Waals surface area contributed by atoms with Crippen molar-refractivity contribution in [2.45, 2.75) is 25.6 Å². The van der Waals surface area contributed by atoms with E-state index in [0.717, 1.165) is 36.0 Å². The van der Waals surface area contributed by atoms with E-state index in [9.17, 15) is 18.0 Å². The van der Waals surface area contributed by atoms with Gasteiger partial charge in [-0.25, -0.2) is 0 Å². The number of pyridine rings is 1. The summed E-state index contributed by atoms with van der Waals surface area (Å²) in [5, 5.41) is 3.26. The van der Waals surface area contributed by atoms with Crippen molar-refractivity contribution in [3.05, 3.63) is 101 Å². The smallest absolute Gasteiger partial charge is 0.318 e. The average molecular weight is 481 g/mol. The zero-order chi connectivity index (χ0) is 24.7. The van der Waals surface area contributed by atoms with Crippen molar-refractivity contribution in [1.29, 1.82) is 0 Å². The number of amides is 1. The monoisotopic (exact) mass is 480 g/mol. The van der Waals surface area contributed by atoms with Crippen molar-refractivity contribution >= 4 is 11.6 Å². The molecule has 0 radical (unpaired) electrons. The Morgan fingerprint density at radius 3 is 2.06 bits per heavy atom. The van der Waals surface area contributed by atoms with E-state index in [2.05, 4.69) is 10.3 Å². The number of nitrogens with zero attached hydrogens (tertiary/aromatic N) is 3. The minimum absolute atomic E-state index is 0.0457. The molecule has 1 saturated heterocycles. The molecule has 0 atom stereocenters. The number of rotatable bonds is 7. The molecule has 2 heterocycles. The second-order valence-electron chi connectivity index (χ2n) is 8.49. The zero-order valence-corrected chi connectivity index (χ0v) is 19.2. The van der Waals surface area contributed by atoms with Gasteiger partial charge in [0.2, 0.25) is 5.91 Å². The van der Waals surface area contributed by atoms with E-state index in [-0.39, 0.29) is 25.0 Å². The summed E-state index contributed by atoms with van der Waals surface area (Å²) >= 11 is 0. The zero-order valence-electron chi connectivity index (χ0n) is 19.2. The summed E-state index contributed by atoms with van der Waals surface area (Å²) < 4.78 is 38.8. The number of carbonyl (C=O) groups excluding carboxylic acids is 1. The van der Waals surface area contributed by atoms with Gasteiger partial charge in [-0.1, -0.05) is 66.7 Å². The van der Waals surface area contributed by atoms with Crippen molar-refractivity contribution in [1.82, 2.24) is 15.2 Å². The number of aliphatic imine (C=N–C) groups is 1. The number of piperidine rings is 1. The van der Waals surface area contributed by atoms with E-state index >= 15 is 0 Å². The van der Waals surface area contributed by atoms with Crippen molar-refractivity contribution in [2.24, 2.45) is 10.9 Å². The lowest BCUT2D eigenvalue weighted by Gasteiger charge is -2.29. The van der Waals surface area contributed by atoms with Crippen LogP contribution in [0.2, 0.25) is 0 Å². The lowest BCUT2D eigenvalue weighted by Crippen LogP contribution is -2.41. The third kappa shape index (κ3) is 6.54. The number of carbonyl (C=O) groups is 1. The molecule has 3 aromatic rings. The molecule has 2 aromatic carbocycles. The summed E-state index contributed by atoms with van der Waals surface area (Å²) in [5.74, 6) is -0.193. The first-order chi connectivity index (χ1) is 16.9. The molecule has 0 spiro atoms. The number of alkyl halides is 3. The molecule has 1 aliphatic rings. The van der Waals surface area contributed by atoms with E-state index < -0.39 is 11.9 Å². The van der Waals surface area contributed by atoms with Gasteiger partial charge in [0.15, 0.2) is 0 Å². The summed E-state index contributed by atoms with van der Waals surface area (Å²) in [5.41, 5.74) is 2.16. The van der Waals surface area contributed by atoms with E-state index in [1.54, 1.807) is 4.90 Å². The Bertz CT molecular complexity index is 1090. The van der Waals surface area contributed by atoms with E-state index in [0.29, 0.717) is 18.4 Å². The predicted octanol–water partition coefficient (Wildman–Crippen LogP) is 4.92. The van der Waals surface area contributed by atoms with E-state index in [4.69, 9.17) is 4.99 Å². The number of hydrogen-bond acceptors (Lipinski definition) is 4. The van der Waals surface area contributed by atoms with Crippen molar-refractivity contribution in [3.8, 4) is 0 Å². The summed E-state index contributed by atoms with van der Waals surface area (Å²) in [6, 6.07) is 21.7. The molecule has 1 fully saturated rings. The molecule has 182 valence electrons. The van der Waals surface area contributed by atoms with Crippen LogP contribution in [-0.2, 0) is 17.5 Å². The van der Waals surface area contributed by atoms with Gasteiger partial charge in [0.25, 0.3) is 0 Å². The summed E-state index contributed by atoms with van der Waals surface area (Å²) in [6.07, 6.45) is -1.89. The molecule has 1 aliphatic heterocycles. The Labute approximate surface area is 202 Å². The molecule has 0 bridgehead atoms. The molecular weight excluding hydrogens is 453 g/mol. The number of hydrogen-bond donors (Lipinski definition) is 1. The summed E-state index contributed by atoms with van der Waals surface area (Å²) in [4.78, 5) is 23.5. The molecule has 1 N–H and O–H groups in total. The number of nitrogens with one attached hydrogen (secondary N) is 1. The molecule has 0 unspecified atom stereocenters. The molecule has 35 heavy (non-hydrogen) atoms. The highest BCUT2D eigenvalue weighted by molar-refractivity contribution is 6.12. The molecule has 8 heteroatoms. The maximum Gasteiger partial charge on any atom is 0.433 e. The van der Waals surface area contributed by atoms with Crippen LogP contribution in [0.15, 0.2) is 84.0 Å². The Morgan fingerprint density at radius 2 is 1.54 bits per heavy atom. The van der Waals surface area contributed by atoms with E-state index in [1.165, 1.54) is 12.3 Å². The quantitative estimate of drug-likeness (QED) is 0.488. The molecular formula is C27H27F3N4O. The van der Waals surface area contributed by atoms with Gasteiger partial charge in [-0.3, -0.25) is 14.8 Å². The molecule has 1 amide bonds. The van der Waals surface area contributed by atoms with Gasteiger partial charge in [0.05, 0.1) is 5.71 Å². The lowest BCUT2D eigenvalue weighted by molar-refractivity contribution is -0.141. The fourth-order valence-electron chi connectivity index (χ4n) is 4.13. The Morgan fingerprint density at radius 1 is 0.943 bits per heavy atom. The summed E-state index contributed by atoms with van der Waals surface area (Å²) in [6.45, 7) is 1.74. The highest BCUT2D eigenvalue weighted by Gasteiger charge is 2.32. The van der Waals surface area contributed by atoms with Gasteiger partial charge in [0.1, 0.15) is 12.4 Å². The topological polar surface area (TPSA) is 57.6 Å². The van der Waals surface area contributed by atoms with Crippen molar-refractivity contribution < 1.29 is 18.0 Å². The van der Waals surface area contributed by atoms with Crippen LogP contribution in [0.5, 0.6) is 0 Å². The predicted molar refractivity (Wildman–Crippen MR) is 129 cm³/mol. The Balaban J connectivity index is 1.63. The minimum atomic E-state index is -4.51. The number of aromatic nitrogens is 1. The maximum absolute atomic E-state index is 13.4. The molecule has 0 saturated carbocycles. The van der Waals surface area contributed by atoms with Crippen LogP contribution in [-0.4, -0.2) is 41.3 Å². The Hall–Kier alpha value is -3.52. The van der Waals surface area contributed by atoms with Crippen LogP contribution in [0.25, 0.3) is 0 Å². The maximum atomic E-state index is 13.4. The van der Waals surface area contributed by atoms with Crippen molar-refractivity contribution in [2.75, 3.05) is 19.8 Å². The SMILES string of the molecule is O=C(C1CCNCC1)N(CN=C(c1ccccc1)c1ccccc1)Cc1ccc(C(F)(F)F)nc1. The third-order valence-electron chi connectivity index (χ3n) is 5.98. The second-order valence-corrected chi connectivity index (χ2v) is 8.49. The van der Waals surface area contributed by atoms with Gasteiger partial charge in [0, 0.05) is 29.8 Å².